The molecule has 0 bridgehead atoms. The number of hydrogen-bond acceptors (Lipinski definition) is 5. The second kappa shape index (κ2) is 9.57. The molecule has 3 aromatic rings. The van der Waals surface area contributed by atoms with E-state index >= 15 is 0 Å². The van der Waals surface area contributed by atoms with E-state index in [2.05, 4.69) is 22.1 Å². The molecule has 0 aliphatic carbocycles. The van der Waals surface area contributed by atoms with Gasteiger partial charge in [-0.1, -0.05) is 42.5 Å². The first-order valence-corrected chi connectivity index (χ1v) is 10.4. The molecule has 1 saturated heterocycles. The lowest BCUT2D eigenvalue weighted by molar-refractivity contribution is 0.0776. The molecule has 2 aromatic carbocycles. The highest BCUT2D eigenvalue weighted by Crippen LogP contribution is 2.17. The van der Waals surface area contributed by atoms with Crippen LogP contribution in [0.5, 0.6) is 0 Å². The Bertz CT molecular complexity index is 1070. The maximum atomic E-state index is 12.9. The van der Waals surface area contributed by atoms with Crippen molar-refractivity contribution in [2.75, 3.05) is 38.3 Å². The Kier molecular flexibility index (Phi) is 6.43. The van der Waals surface area contributed by atoms with Gasteiger partial charge in [0.2, 0.25) is 0 Å². The highest BCUT2D eigenvalue weighted by Gasteiger charge is 2.16. The molecule has 1 aliphatic rings. The van der Waals surface area contributed by atoms with Crippen LogP contribution in [-0.2, 0) is 17.8 Å². The Morgan fingerprint density at radius 1 is 0.968 bits per heavy atom. The molecular formula is C24H26N4O3. The third-order valence-electron chi connectivity index (χ3n) is 5.34. The summed E-state index contributed by atoms with van der Waals surface area (Å²) < 4.78 is 6.73. The van der Waals surface area contributed by atoms with Crippen molar-refractivity contribution < 1.29 is 9.53 Å². The average molecular weight is 418 g/mol. The van der Waals surface area contributed by atoms with Crippen LogP contribution >= 0.6 is 0 Å². The smallest absolute Gasteiger partial charge is 0.274 e. The zero-order valence-corrected chi connectivity index (χ0v) is 17.6. The Morgan fingerprint density at radius 3 is 2.39 bits per heavy atom. The number of rotatable bonds is 6. The monoisotopic (exact) mass is 418 g/mol. The number of morpholine rings is 1. The largest absolute Gasteiger partial charge is 0.378 e. The fourth-order valence-electron chi connectivity index (χ4n) is 3.61. The van der Waals surface area contributed by atoms with Crippen molar-refractivity contribution in [3.8, 4) is 0 Å². The molecule has 7 nitrogen and oxygen atoms in total. The Morgan fingerprint density at radius 2 is 1.68 bits per heavy atom. The van der Waals surface area contributed by atoms with E-state index in [0.717, 1.165) is 43.1 Å². The summed E-state index contributed by atoms with van der Waals surface area (Å²) in [5.74, 6) is -0.223. The van der Waals surface area contributed by atoms with Crippen LogP contribution in [0.15, 0.2) is 71.5 Å². The summed E-state index contributed by atoms with van der Waals surface area (Å²) in [4.78, 5) is 29.0. The number of ether oxygens (including phenoxy) is 1. The number of aromatic nitrogens is 2. The van der Waals surface area contributed by atoms with Crippen molar-refractivity contribution in [1.29, 1.82) is 0 Å². The predicted octanol–water partition coefficient (Wildman–Crippen LogP) is 2.40. The van der Waals surface area contributed by atoms with Crippen molar-refractivity contribution in [3.63, 3.8) is 0 Å². The molecular weight excluding hydrogens is 392 g/mol. The first kappa shape index (κ1) is 20.8. The van der Waals surface area contributed by atoms with Gasteiger partial charge in [0, 0.05) is 38.4 Å². The third-order valence-corrected chi connectivity index (χ3v) is 5.34. The molecule has 0 saturated carbocycles. The minimum atomic E-state index is -0.234. The minimum absolute atomic E-state index is 0.223. The predicted molar refractivity (Wildman–Crippen MR) is 119 cm³/mol. The van der Waals surface area contributed by atoms with Gasteiger partial charge < -0.3 is 14.5 Å². The highest BCUT2D eigenvalue weighted by molar-refractivity contribution is 5.91. The molecule has 7 heteroatoms. The molecule has 0 radical (unpaired) electrons. The standard InChI is InChI=1S/C24H26N4O3/c1-26(17-20-7-9-21(10-8-20)27-13-15-31-16-14-27)24(30)22-11-12-23(29)28(25-22)18-19-5-3-2-4-6-19/h2-12H,13-18H2,1H3. The fraction of sp³-hybridized carbons (Fsp3) is 0.292. The van der Waals surface area contributed by atoms with E-state index in [1.807, 2.05) is 42.5 Å². The topological polar surface area (TPSA) is 67.7 Å². The minimum Gasteiger partial charge on any atom is -0.378 e. The third kappa shape index (κ3) is 5.19. The van der Waals surface area contributed by atoms with E-state index in [-0.39, 0.29) is 17.2 Å². The second-order valence-corrected chi connectivity index (χ2v) is 7.63. The van der Waals surface area contributed by atoms with Crippen molar-refractivity contribution in [2.24, 2.45) is 0 Å². The van der Waals surface area contributed by atoms with Crippen molar-refractivity contribution in [3.05, 3.63) is 93.9 Å². The van der Waals surface area contributed by atoms with Gasteiger partial charge in [-0.3, -0.25) is 9.59 Å². The van der Waals surface area contributed by atoms with E-state index in [1.54, 1.807) is 11.9 Å². The number of anilines is 1. The SMILES string of the molecule is CN(Cc1ccc(N2CCOCC2)cc1)C(=O)c1ccc(=O)n(Cc2ccccc2)n1. The quantitative estimate of drug-likeness (QED) is 0.615. The number of carbonyl (C=O) groups is 1. The maximum Gasteiger partial charge on any atom is 0.274 e. The lowest BCUT2D eigenvalue weighted by Crippen LogP contribution is -2.36. The van der Waals surface area contributed by atoms with Crippen molar-refractivity contribution >= 4 is 11.6 Å². The molecule has 0 N–H and O–H groups in total. The normalized spacial score (nSPS) is 13.8. The van der Waals surface area contributed by atoms with Gasteiger partial charge in [0.1, 0.15) is 5.69 Å². The molecule has 31 heavy (non-hydrogen) atoms. The summed E-state index contributed by atoms with van der Waals surface area (Å²) in [5.41, 5.74) is 3.17. The number of benzene rings is 2. The number of carbonyl (C=O) groups excluding carboxylic acids is 1. The van der Waals surface area contributed by atoms with Gasteiger partial charge in [0.15, 0.2) is 0 Å². The average Bonchev–Trinajstić information content (AvgIpc) is 2.82. The van der Waals surface area contributed by atoms with Gasteiger partial charge in [0.05, 0.1) is 19.8 Å². The van der Waals surface area contributed by atoms with Gasteiger partial charge in [-0.15, -0.1) is 0 Å². The number of nitrogens with zero attached hydrogens (tertiary/aromatic N) is 4. The summed E-state index contributed by atoms with van der Waals surface area (Å²) >= 11 is 0. The van der Waals surface area contributed by atoms with E-state index in [9.17, 15) is 9.59 Å². The van der Waals surface area contributed by atoms with Crippen LogP contribution < -0.4 is 10.5 Å². The molecule has 160 valence electrons. The Labute approximate surface area is 181 Å². The van der Waals surface area contributed by atoms with Crippen LogP contribution in [0.3, 0.4) is 0 Å². The van der Waals surface area contributed by atoms with Gasteiger partial charge in [-0.2, -0.15) is 5.10 Å². The molecule has 1 amide bonds. The summed E-state index contributed by atoms with van der Waals surface area (Å²) in [7, 11) is 1.74. The van der Waals surface area contributed by atoms with Gasteiger partial charge >= 0.3 is 0 Å². The van der Waals surface area contributed by atoms with E-state index in [1.165, 1.54) is 16.8 Å². The first-order valence-electron chi connectivity index (χ1n) is 10.4. The van der Waals surface area contributed by atoms with E-state index in [0.29, 0.717) is 13.1 Å². The number of hydrogen-bond donors (Lipinski definition) is 0. The second-order valence-electron chi connectivity index (χ2n) is 7.63. The van der Waals surface area contributed by atoms with Gasteiger partial charge in [-0.25, -0.2) is 4.68 Å². The molecule has 0 atom stereocenters. The zero-order chi connectivity index (χ0) is 21.6. The van der Waals surface area contributed by atoms with Crippen LogP contribution in [-0.4, -0.2) is 53.9 Å². The molecule has 1 fully saturated rings. The highest BCUT2D eigenvalue weighted by atomic mass is 16.5. The number of amides is 1. The first-order chi connectivity index (χ1) is 15.1. The molecule has 4 rings (SSSR count). The van der Waals surface area contributed by atoms with Crippen molar-refractivity contribution in [1.82, 2.24) is 14.7 Å². The molecule has 1 aromatic heterocycles. The van der Waals surface area contributed by atoms with Gasteiger partial charge in [-0.05, 0) is 29.3 Å². The van der Waals surface area contributed by atoms with Crippen LogP contribution in [0.4, 0.5) is 5.69 Å². The Balaban J connectivity index is 1.43. The zero-order valence-electron chi connectivity index (χ0n) is 17.6. The van der Waals surface area contributed by atoms with Crippen LogP contribution in [0.1, 0.15) is 21.6 Å². The molecule has 0 unspecified atom stereocenters. The fourth-order valence-corrected chi connectivity index (χ4v) is 3.61. The van der Waals surface area contributed by atoms with Crippen LogP contribution in [0.2, 0.25) is 0 Å². The van der Waals surface area contributed by atoms with E-state index < -0.39 is 0 Å². The molecule has 2 heterocycles. The van der Waals surface area contributed by atoms with Gasteiger partial charge in [0.25, 0.3) is 11.5 Å². The van der Waals surface area contributed by atoms with Crippen molar-refractivity contribution in [2.45, 2.75) is 13.1 Å². The summed E-state index contributed by atoms with van der Waals surface area (Å²) in [5, 5.41) is 4.30. The molecule has 0 spiro atoms. The van der Waals surface area contributed by atoms with E-state index in [4.69, 9.17) is 4.74 Å². The van der Waals surface area contributed by atoms with Crippen LogP contribution in [0.25, 0.3) is 0 Å². The summed E-state index contributed by atoms with van der Waals surface area (Å²) in [6.07, 6.45) is 0. The summed E-state index contributed by atoms with van der Waals surface area (Å²) in [6.45, 7) is 4.07. The maximum absolute atomic E-state index is 12.9. The molecule has 1 aliphatic heterocycles. The summed E-state index contributed by atoms with van der Waals surface area (Å²) in [6, 6.07) is 20.7. The lowest BCUT2D eigenvalue weighted by Gasteiger charge is -2.29. The Hall–Kier alpha value is -3.45. The lowest BCUT2D eigenvalue weighted by atomic mass is 10.1. The van der Waals surface area contributed by atoms with Crippen LogP contribution in [0, 0.1) is 0 Å².